The molecule has 0 aliphatic carbocycles. The van der Waals surface area contributed by atoms with E-state index < -0.39 is 0 Å². The molecule has 1 unspecified atom stereocenters. The predicted octanol–water partition coefficient (Wildman–Crippen LogP) is 6.85. The fraction of sp³-hybridized carbons (Fsp3) is 0.355. The van der Waals surface area contributed by atoms with Gasteiger partial charge in [-0.2, -0.15) is 0 Å². The Kier molecular flexibility index (Phi) is 7.08. The molecule has 0 saturated carbocycles. The zero-order valence-electron chi connectivity index (χ0n) is 21.5. The van der Waals surface area contributed by atoms with E-state index in [0.29, 0.717) is 25.5 Å². The number of rotatable bonds is 9. The average Bonchev–Trinajstić information content (AvgIpc) is 3.45. The molecule has 1 saturated heterocycles. The number of ether oxygens (including phenoxy) is 1. The van der Waals surface area contributed by atoms with Crippen LogP contribution in [0.5, 0.6) is 5.75 Å². The Morgan fingerprint density at radius 2 is 1.72 bits per heavy atom. The molecule has 5 nitrogen and oxygen atoms in total. The highest BCUT2D eigenvalue weighted by atomic mass is 16.5. The molecule has 186 valence electrons. The number of hydrogen-bond donors (Lipinski definition) is 0. The molecule has 2 heterocycles. The monoisotopic (exact) mass is 481 g/mol. The van der Waals surface area contributed by atoms with Gasteiger partial charge < -0.3 is 14.2 Å². The van der Waals surface area contributed by atoms with Crippen LogP contribution in [0.25, 0.3) is 11.0 Å². The number of benzene rings is 3. The minimum absolute atomic E-state index is 0.0835. The first-order chi connectivity index (χ1) is 17.5. The van der Waals surface area contributed by atoms with Crippen molar-refractivity contribution in [3.05, 3.63) is 89.7 Å². The lowest BCUT2D eigenvalue weighted by atomic mass is 10.0. The molecule has 1 aromatic heterocycles. The molecule has 1 atom stereocenters. The van der Waals surface area contributed by atoms with Gasteiger partial charge in [0, 0.05) is 31.1 Å². The number of hydrogen-bond acceptors (Lipinski definition) is 3. The Bertz CT molecular complexity index is 1340. The summed E-state index contributed by atoms with van der Waals surface area (Å²) in [4.78, 5) is 19.9. The Hall–Kier alpha value is -3.60. The first-order valence-electron chi connectivity index (χ1n) is 13.0. The predicted molar refractivity (Wildman–Crippen MR) is 146 cm³/mol. The lowest BCUT2D eigenvalue weighted by Gasteiger charge is -2.19. The van der Waals surface area contributed by atoms with Crippen LogP contribution >= 0.6 is 0 Å². The van der Waals surface area contributed by atoms with Crippen LogP contribution in [0.2, 0.25) is 0 Å². The second kappa shape index (κ2) is 10.6. The molecule has 5 rings (SSSR count). The van der Waals surface area contributed by atoms with E-state index in [1.807, 2.05) is 29.2 Å². The molecule has 4 aromatic rings. The SMILES string of the molecule is Cc1ccccc1N1CC(c2nc3ccccc3n2CCCCOc2ccc(C(C)C)cc2)CC1=O. The third kappa shape index (κ3) is 5.01. The van der Waals surface area contributed by atoms with Gasteiger partial charge in [-0.05, 0) is 67.1 Å². The van der Waals surface area contributed by atoms with Crippen molar-refractivity contribution in [1.29, 1.82) is 0 Å². The van der Waals surface area contributed by atoms with E-state index in [2.05, 4.69) is 73.9 Å². The zero-order chi connectivity index (χ0) is 25.1. The average molecular weight is 482 g/mol. The molecule has 1 amide bonds. The summed E-state index contributed by atoms with van der Waals surface area (Å²) < 4.78 is 8.32. The summed E-state index contributed by atoms with van der Waals surface area (Å²) in [7, 11) is 0. The number of imidazole rings is 1. The first kappa shape index (κ1) is 24.1. The van der Waals surface area contributed by atoms with E-state index in [1.165, 1.54) is 5.56 Å². The molecule has 1 aliphatic rings. The smallest absolute Gasteiger partial charge is 0.227 e. The molecule has 0 N–H and O–H groups in total. The minimum atomic E-state index is 0.0835. The summed E-state index contributed by atoms with van der Waals surface area (Å²) in [6.45, 7) is 8.68. The molecular weight excluding hydrogens is 446 g/mol. The number of carbonyl (C=O) groups excluding carboxylic acids is 1. The maximum Gasteiger partial charge on any atom is 0.227 e. The fourth-order valence-electron chi connectivity index (χ4n) is 5.13. The van der Waals surface area contributed by atoms with Gasteiger partial charge in [0.05, 0.1) is 17.6 Å². The maximum atomic E-state index is 13.0. The third-order valence-corrected chi connectivity index (χ3v) is 7.17. The van der Waals surface area contributed by atoms with Crippen molar-refractivity contribution < 1.29 is 9.53 Å². The van der Waals surface area contributed by atoms with E-state index in [0.717, 1.165) is 53.2 Å². The highest BCUT2D eigenvalue weighted by Gasteiger charge is 2.35. The van der Waals surface area contributed by atoms with Gasteiger partial charge >= 0.3 is 0 Å². The highest BCUT2D eigenvalue weighted by Crippen LogP contribution is 2.34. The largest absolute Gasteiger partial charge is 0.494 e. The van der Waals surface area contributed by atoms with Crippen molar-refractivity contribution in [2.24, 2.45) is 0 Å². The second-order valence-electron chi connectivity index (χ2n) is 10.1. The molecule has 1 fully saturated rings. The molecule has 3 aromatic carbocycles. The van der Waals surface area contributed by atoms with Crippen LogP contribution in [0, 0.1) is 6.92 Å². The standard InChI is InChI=1S/C31H35N3O2/c1-22(2)24-14-16-26(17-15-24)36-19-9-8-18-33-29-13-7-5-11-27(29)32-31(33)25-20-30(35)34(21-25)28-12-6-4-10-23(28)3/h4-7,10-17,22,25H,8-9,18-21H2,1-3H3. The van der Waals surface area contributed by atoms with Gasteiger partial charge in [0.25, 0.3) is 0 Å². The second-order valence-corrected chi connectivity index (χ2v) is 10.1. The van der Waals surface area contributed by atoms with Crippen LogP contribution in [0.3, 0.4) is 0 Å². The van der Waals surface area contributed by atoms with Gasteiger partial charge in [0.2, 0.25) is 5.91 Å². The normalized spacial score (nSPS) is 15.8. The zero-order valence-corrected chi connectivity index (χ0v) is 21.5. The number of aromatic nitrogens is 2. The van der Waals surface area contributed by atoms with Crippen LogP contribution in [0.15, 0.2) is 72.8 Å². The number of amides is 1. The molecule has 1 aliphatic heterocycles. The van der Waals surface area contributed by atoms with E-state index >= 15 is 0 Å². The number of unbranched alkanes of at least 4 members (excludes halogenated alkanes) is 1. The molecule has 5 heteroatoms. The summed E-state index contributed by atoms with van der Waals surface area (Å²) >= 11 is 0. The van der Waals surface area contributed by atoms with Gasteiger partial charge in [-0.25, -0.2) is 4.98 Å². The van der Waals surface area contributed by atoms with Crippen molar-refractivity contribution in [2.45, 2.75) is 58.4 Å². The topological polar surface area (TPSA) is 47.4 Å². The van der Waals surface area contributed by atoms with E-state index in [4.69, 9.17) is 9.72 Å². The first-order valence-corrected chi connectivity index (χ1v) is 13.0. The Balaban J connectivity index is 1.26. The van der Waals surface area contributed by atoms with Crippen molar-refractivity contribution in [3.63, 3.8) is 0 Å². The van der Waals surface area contributed by atoms with E-state index in [-0.39, 0.29) is 11.8 Å². The Morgan fingerprint density at radius 3 is 2.50 bits per heavy atom. The maximum absolute atomic E-state index is 13.0. The fourth-order valence-corrected chi connectivity index (χ4v) is 5.13. The Labute approximate surface area is 213 Å². The van der Waals surface area contributed by atoms with Gasteiger partial charge in [-0.3, -0.25) is 4.79 Å². The molecule has 36 heavy (non-hydrogen) atoms. The summed E-state index contributed by atoms with van der Waals surface area (Å²) in [5, 5.41) is 0. The van der Waals surface area contributed by atoms with Gasteiger partial charge in [0.1, 0.15) is 11.6 Å². The van der Waals surface area contributed by atoms with Crippen LogP contribution < -0.4 is 9.64 Å². The van der Waals surface area contributed by atoms with Crippen LogP contribution in [0.4, 0.5) is 5.69 Å². The van der Waals surface area contributed by atoms with Gasteiger partial charge in [0.15, 0.2) is 0 Å². The van der Waals surface area contributed by atoms with Crippen molar-refractivity contribution in [1.82, 2.24) is 9.55 Å². The van der Waals surface area contributed by atoms with Gasteiger partial charge in [-0.15, -0.1) is 0 Å². The lowest BCUT2D eigenvalue weighted by Crippen LogP contribution is -2.25. The number of fused-ring (bicyclic) bond motifs is 1. The highest BCUT2D eigenvalue weighted by molar-refractivity contribution is 5.97. The van der Waals surface area contributed by atoms with Crippen molar-refractivity contribution in [3.8, 4) is 5.75 Å². The minimum Gasteiger partial charge on any atom is -0.494 e. The number of anilines is 1. The summed E-state index contributed by atoms with van der Waals surface area (Å²) in [5.41, 5.74) is 5.59. The van der Waals surface area contributed by atoms with Crippen molar-refractivity contribution >= 4 is 22.6 Å². The summed E-state index contributed by atoms with van der Waals surface area (Å²) in [6.07, 6.45) is 2.43. The number of carbonyl (C=O) groups is 1. The summed E-state index contributed by atoms with van der Waals surface area (Å²) in [5.74, 6) is 2.72. The Morgan fingerprint density at radius 1 is 0.972 bits per heavy atom. The van der Waals surface area contributed by atoms with E-state index in [9.17, 15) is 4.79 Å². The molecular formula is C31H35N3O2. The molecule has 0 radical (unpaired) electrons. The van der Waals surface area contributed by atoms with Crippen LogP contribution in [-0.2, 0) is 11.3 Å². The quantitative estimate of drug-likeness (QED) is 0.246. The third-order valence-electron chi connectivity index (χ3n) is 7.17. The number of aryl methyl sites for hydroxylation is 2. The lowest BCUT2D eigenvalue weighted by molar-refractivity contribution is -0.117. The van der Waals surface area contributed by atoms with Crippen LogP contribution in [0.1, 0.15) is 61.9 Å². The molecule has 0 spiro atoms. The van der Waals surface area contributed by atoms with Crippen LogP contribution in [-0.4, -0.2) is 28.6 Å². The number of nitrogens with zero attached hydrogens (tertiary/aromatic N) is 3. The van der Waals surface area contributed by atoms with Crippen molar-refractivity contribution in [2.75, 3.05) is 18.1 Å². The number of para-hydroxylation sites is 3. The molecule has 0 bridgehead atoms. The van der Waals surface area contributed by atoms with Gasteiger partial charge in [-0.1, -0.05) is 56.3 Å². The summed E-state index contributed by atoms with van der Waals surface area (Å²) in [6, 6.07) is 24.8. The van der Waals surface area contributed by atoms with E-state index in [1.54, 1.807) is 0 Å².